The summed E-state index contributed by atoms with van der Waals surface area (Å²) < 4.78 is 5.78. The van der Waals surface area contributed by atoms with Crippen molar-refractivity contribution >= 4 is 45.1 Å². The molecule has 0 saturated heterocycles. The van der Waals surface area contributed by atoms with Gasteiger partial charge in [0.15, 0.2) is 0 Å². The molecule has 6 nitrogen and oxygen atoms in total. The van der Waals surface area contributed by atoms with Gasteiger partial charge < -0.3 is 15.4 Å². The lowest BCUT2D eigenvalue weighted by atomic mass is 10.2. The van der Waals surface area contributed by atoms with Crippen LogP contribution in [0, 0.1) is 0 Å². The number of hydrogen-bond acceptors (Lipinski definition) is 4. The largest absolute Gasteiger partial charge is 0.462 e. The number of esters is 1. The van der Waals surface area contributed by atoms with Gasteiger partial charge in [-0.2, -0.15) is 0 Å². The van der Waals surface area contributed by atoms with Gasteiger partial charge in [-0.1, -0.05) is 28.1 Å². The van der Waals surface area contributed by atoms with Crippen molar-refractivity contribution in [3.05, 3.63) is 58.6 Å². The molecule has 0 fully saturated rings. The van der Waals surface area contributed by atoms with Crippen molar-refractivity contribution in [2.45, 2.75) is 6.92 Å². The summed E-state index contributed by atoms with van der Waals surface area (Å²) in [6.45, 7) is 1.90. The van der Waals surface area contributed by atoms with Crippen molar-refractivity contribution in [2.75, 3.05) is 17.2 Å². The number of nitrogens with one attached hydrogen (secondary N) is 2. The van der Waals surface area contributed by atoms with Crippen LogP contribution in [0.4, 0.5) is 11.4 Å². The standard InChI is InChI=1S/C17H15BrN2O4/c1-2-24-17(23)13-5-3-4-6-14(13)20-16(22)15(21)19-12-9-7-11(18)8-10-12/h3-10H,2H2,1H3,(H,19,21)(H,20,22). The first-order valence-corrected chi connectivity index (χ1v) is 7.94. The number of benzene rings is 2. The summed E-state index contributed by atoms with van der Waals surface area (Å²) >= 11 is 3.28. The lowest BCUT2D eigenvalue weighted by Crippen LogP contribution is -2.29. The van der Waals surface area contributed by atoms with Crippen molar-refractivity contribution in [2.24, 2.45) is 0 Å². The molecular weight excluding hydrogens is 376 g/mol. The van der Waals surface area contributed by atoms with Gasteiger partial charge in [-0.15, -0.1) is 0 Å². The lowest BCUT2D eigenvalue weighted by molar-refractivity contribution is -0.133. The van der Waals surface area contributed by atoms with E-state index in [1.165, 1.54) is 12.1 Å². The summed E-state index contributed by atoms with van der Waals surface area (Å²) in [6, 6.07) is 13.1. The van der Waals surface area contributed by atoms with Crippen LogP contribution in [0.5, 0.6) is 0 Å². The van der Waals surface area contributed by atoms with Gasteiger partial charge in [0.2, 0.25) is 0 Å². The van der Waals surface area contributed by atoms with Crippen molar-refractivity contribution in [3.8, 4) is 0 Å². The zero-order valence-corrected chi connectivity index (χ0v) is 14.4. The fourth-order valence-corrected chi connectivity index (χ4v) is 2.14. The van der Waals surface area contributed by atoms with E-state index in [9.17, 15) is 14.4 Å². The highest BCUT2D eigenvalue weighted by molar-refractivity contribution is 9.10. The first-order valence-electron chi connectivity index (χ1n) is 7.15. The molecule has 2 rings (SSSR count). The number of anilines is 2. The molecule has 0 aliphatic heterocycles. The Morgan fingerprint density at radius 3 is 2.25 bits per heavy atom. The third-order valence-corrected chi connectivity index (χ3v) is 3.51. The molecular formula is C17H15BrN2O4. The highest BCUT2D eigenvalue weighted by Gasteiger charge is 2.18. The molecule has 0 aliphatic carbocycles. The quantitative estimate of drug-likeness (QED) is 0.619. The Hall–Kier alpha value is -2.67. The lowest BCUT2D eigenvalue weighted by Gasteiger charge is -2.10. The molecule has 0 aromatic heterocycles. The second-order valence-corrected chi connectivity index (χ2v) is 5.60. The summed E-state index contributed by atoms with van der Waals surface area (Å²) in [5.41, 5.74) is 0.882. The van der Waals surface area contributed by atoms with Gasteiger partial charge in [-0.3, -0.25) is 9.59 Å². The second kappa shape index (κ2) is 8.26. The van der Waals surface area contributed by atoms with Crippen LogP contribution in [-0.4, -0.2) is 24.4 Å². The minimum atomic E-state index is -0.880. The zero-order valence-electron chi connectivity index (χ0n) is 12.8. The molecule has 0 heterocycles. The van der Waals surface area contributed by atoms with Gasteiger partial charge in [0.1, 0.15) is 0 Å². The van der Waals surface area contributed by atoms with Crippen LogP contribution < -0.4 is 10.6 Å². The third kappa shape index (κ3) is 4.66. The average molecular weight is 391 g/mol. The summed E-state index contributed by atoms with van der Waals surface area (Å²) in [7, 11) is 0. The molecule has 124 valence electrons. The van der Waals surface area contributed by atoms with Crippen molar-refractivity contribution in [3.63, 3.8) is 0 Å². The maximum absolute atomic E-state index is 12.0. The summed E-state index contributed by atoms with van der Waals surface area (Å²) in [5.74, 6) is -2.28. The Labute approximate surface area is 147 Å². The van der Waals surface area contributed by atoms with Gasteiger partial charge in [-0.05, 0) is 43.3 Å². The predicted molar refractivity (Wildman–Crippen MR) is 93.8 cm³/mol. The molecule has 0 radical (unpaired) electrons. The van der Waals surface area contributed by atoms with Gasteiger partial charge in [-0.25, -0.2) is 4.79 Å². The van der Waals surface area contributed by atoms with E-state index in [0.717, 1.165) is 4.47 Å². The van der Waals surface area contributed by atoms with E-state index in [-0.39, 0.29) is 17.9 Å². The number of ether oxygens (including phenoxy) is 1. The molecule has 2 aromatic carbocycles. The van der Waals surface area contributed by atoms with E-state index < -0.39 is 17.8 Å². The van der Waals surface area contributed by atoms with E-state index in [4.69, 9.17) is 4.74 Å². The van der Waals surface area contributed by atoms with Crippen molar-refractivity contribution in [1.29, 1.82) is 0 Å². The maximum atomic E-state index is 12.0. The minimum absolute atomic E-state index is 0.184. The highest BCUT2D eigenvalue weighted by Crippen LogP contribution is 2.17. The molecule has 2 aromatic rings. The average Bonchev–Trinajstić information content (AvgIpc) is 2.57. The fourth-order valence-electron chi connectivity index (χ4n) is 1.88. The third-order valence-electron chi connectivity index (χ3n) is 2.98. The first-order chi connectivity index (χ1) is 11.5. The predicted octanol–water partition coefficient (Wildman–Crippen LogP) is 3.20. The van der Waals surface area contributed by atoms with Crippen LogP contribution >= 0.6 is 15.9 Å². The van der Waals surface area contributed by atoms with E-state index >= 15 is 0 Å². The summed E-state index contributed by atoms with van der Waals surface area (Å²) in [4.78, 5) is 35.9. The first kappa shape index (κ1) is 17.7. The maximum Gasteiger partial charge on any atom is 0.340 e. The Morgan fingerprint density at radius 1 is 0.958 bits per heavy atom. The molecule has 0 unspecified atom stereocenters. The Bertz CT molecular complexity index is 759. The van der Waals surface area contributed by atoms with Crippen LogP contribution in [0.3, 0.4) is 0 Å². The number of halogens is 1. The zero-order chi connectivity index (χ0) is 17.5. The number of hydrogen-bond donors (Lipinski definition) is 2. The smallest absolute Gasteiger partial charge is 0.340 e. The number of rotatable bonds is 4. The van der Waals surface area contributed by atoms with E-state index in [0.29, 0.717) is 5.69 Å². The molecule has 2 amide bonds. The number of carbonyl (C=O) groups excluding carboxylic acids is 3. The normalized spacial score (nSPS) is 9.92. The van der Waals surface area contributed by atoms with Gasteiger partial charge in [0.25, 0.3) is 0 Å². The molecule has 0 spiro atoms. The molecule has 2 N–H and O–H groups in total. The van der Waals surface area contributed by atoms with Gasteiger partial charge in [0.05, 0.1) is 17.9 Å². The van der Waals surface area contributed by atoms with Gasteiger partial charge in [0, 0.05) is 10.2 Å². The monoisotopic (exact) mass is 390 g/mol. The Balaban J connectivity index is 2.07. The Kier molecular flexibility index (Phi) is 6.08. The molecule has 0 aliphatic rings. The fraction of sp³-hybridized carbons (Fsp3) is 0.118. The summed E-state index contributed by atoms with van der Waals surface area (Å²) in [5, 5.41) is 4.90. The topological polar surface area (TPSA) is 84.5 Å². The SMILES string of the molecule is CCOC(=O)c1ccccc1NC(=O)C(=O)Nc1ccc(Br)cc1. The van der Waals surface area contributed by atoms with E-state index in [1.807, 2.05) is 0 Å². The summed E-state index contributed by atoms with van der Waals surface area (Å²) in [6.07, 6.45) is 0. The van der Waals surface area contributed by atoms with Crippen molar-refractivity contribution in [1.82, 2.24) is 0 Å². The van der Waals surface area contributed by atoms with Crippen LogP contribution in [-0.2, 0) is 14.3 Å². The van der Waals surface area contributed by atoms with Crippen LogP contribution in [0.1, 0.15) is 17.3 Å². The van der Waals surface area contributed by atoms with E-state index in [1.54, 1.807) is 43.3 Å². The molecule has 24 heavy (non-hydrogen) atoms. The molecule has 0 atom stereocenters. The molecule has 0 bridgehead atoms. The van der Waals surface area contributed by atoms with Crippen LogP contribution in [0.25, 0.3) is 0 Å². The van der Waals surface area contributed by atoms with Crippen LogP contribution in [0.15, 0.2) is 53.0 Å². The highest BCUT2D eigenvalue weighted by atomic mass is 79.9. The number of carbonyl (C=O) groups is 3. The van der Waals surface area contributed by atoms with Gasteiger partial charge >= 0.3 is 17.8 Å². The Morgan fingerprint density at radius 2 is 1.58 bits per heavy atom. The molecule has 7 heteroatoms. The number of amides is 2. The molecule has 0 saturated carbocycles. The van der Waals surface area contributed by atoms with Crippen LogP contribution in [0.2, 0.25) is 0 Å². The second-order valence-electron chi connectivity index (χ2n) is 4.68. The number of para-hydroxylation sites is 1. The van der Waals surface area contributed by atoms with Crippen molar-refractivity contribution < 1.29 is 19.1 Å². The minimum Gasteiger partial charge on any atom is -0.462 e. The van der Waals surface area contributed by atoms with E-state index in [2.05, 4.69) is 26.6 Å².